The highest BCUT2D eigenvalue weighted by Crippen LogP contribution is 2.26. The van der Waals surface area contributed by atoms with Gasteiger partial charge in [-0.2, -0.15) is 0 Å². The van der Waals surface area contributed by atoms with Crippen LogP contribution < -0.4 is 10.6 Å². The third-order valence-corrected chi connectivity index (χ3v) is 5.58. The minimum Gasteiger partial charge on any atom is -0.356 e. The van der Waals surface area contributed by atoms with E-state index in [1.807, 2.05) is 47.8 Å². The van der Waals surface area contributed by atoms with Crippen molar-refractivity contribution in [3.63, 3.8) is 0 Å². The molecule has 1 heterocycles. The Morgan fingerprint density at radius 1 is 1.11 bits per heavy atom. The number of aromatic nitrogens is 1. The van der Waals surface area contributed by atoms with Gasteiger partial charge in [0.2, 0.25) is 5.91 Å². The SMILES string of the molecule is CC(=O)NCCc1ccc(-c2csc(NC(=O)c3ccccc3I)n2)cc1. The first-order valence-corrected chi connectivity index (χ1v) is 10.3. The number of hydrogen-bond donors (Lipinski definition) is 2. The number of nitrogens with zero attached hydrogens (tertiary/aromatic N) is 1. The molecule has 0 aliphatic heterocycles. The molecular formula is C20H18IN3O2S. The van der Waals surface area contributed by atoms with Crippen LogP contribution in [0.5, 0.6) is 0 Å². The minimum absolute atomic E-state index is 0.0196. The van der Waals surface area contributed by atoms with E-state index in [0.717, 1.165) is 26.8 Å². The summed E-state index contributed by atoms with van der Waals surface area (Å²) in [5, 5.41) is 8.15. The molecule has 138 valence electrons. The second-order valence-corrected chi connectivity index (χ2v) is 7.92. The van der Waals surface area contributed by atoms with Crippen molar-refractivity contribution in [3.8, 4) is 11.3 Å². The average Bonchev–Trinajstić information content (AvgIpc) is 3.11. The van der Waals surface area contributed by atoms with E-state index in [2.05, 4.69) is 38.2 Å². The van der Waals surface area contributed by atoms with Gasteiger partial charge in [-0.15, -0.1) is 11.3 Å². The first kappa shape index (κ1) is 19.5. The van der Waals surface area contributed by atoms with Crippen LogP contribution in [0.1, 0.15) is 22.8 Å². The Labute approximate surface area is 175 Å². The molecule has 0 bridgehead atoms. The highest BCUT2D eigenvalue weighted by atomic mass is 127. The molecule has 0 aliphatic rings. The molecule has 2 N–H and O–H groups in total. The fraction of sp³-hybridized carbons (Fsp3) is 0.150. The van der Waals surface area contributed by atoms with Gasteiger partial charge in [-0.05, 0) is 46.7 Å². The van der Waals surface area contributed by atoms with Gasteiger partial charge in [0.25, 0.3) is 5.91 Å². The zero-order valence-electron chi connectivity index (χ0n) is 14.7. The number of rotatable bonds is 6. The van der Waals surface area contributed by atoms with Crippen molar-refractivity contribution in [2.45, 2.75) is 13.3 Å². The summed E-state index contributed by atoms with van der Waals surface area (Å²) in [6, 6.07) is 15.5. The highest BCUT2D eigenvalue weighted by Gasteiger charge is 2.12. The van der Waals surface area contributed by atoms with E-state index in [1.165, 1.54) is 18.3 Å². The summed E-state index contributed by atoms with van der Waals surface area (Å²) in [6.45, 7) is 2.14. The molecule has 0 unspecified atom stereocenters. The zero-order chi connectivity index (χ0) is 19.2. The van der Waals surface area contributed by atoms with Crippen LogP contribution >= 0.6 is 33.9 Å². The molecule has 0 saturated carbocycles. The molecule has 0 atom stereocenters. The lowest BCUT2D eigenvalue weighted by atomic mass is 10.1. The van der Waals surface area contributed by atoms with E-state index < -0.39 is 0 Å². The quantitative estimate of drug-likeness (QED) is 0.504. The predicted molar refractivity (Wildman–Crippen MR) is 117 cm³/mol. The fourth-order valence-corrected chi connectivity index (χ4v) is 3.85. The molecule has 0 fully saturated rings. The maximum atomic E-state index is 12.4. The van der Waals surface area contributed by atoms with E-state index in [9.17, 15) is 9.59 Å². The maximum Gasteiger partial charge on any atom is 0.258 e. The van der Waals surface area contributed by atoms with Crippen molar-refractivity contribution < 1.29 is 9.59 Å². The van der Waals surface area contributed by atoms with Crippen molar-refractivity contribution in [2.24, 2.45) is 0 Å². The summed E-state index contributed by atoms with van der Waals surface area (Å²) in [5.74, 6) is -0.178. The van der Waals surface area contributed by atoms with Gasteiger partial charge in [0, 0.05) is 28.0 Å². The molecule has 5 nitrogen and oxygen atoms in total. The van der Waals surface area contributed by atoms with Crippen LogP contribution in [0.3, 0.4) is 0 Å². The summed E-state index contributed by atoms with van der Waals surface area (Å²) >= 11 is 3.55. The first-order chi connectivity index (χ1) is 13.0. The fourth-order valence-electron chi connectivity index (χ4n) is 2.50. The van der Waals surface area contributed by atoms with Gasteiger partial charge in [0.05, 0.1) is 11.3 Å². The number of hydrogen-bond acceptors (Lipinski definition) is 4. The van der Waals surface area contributed by atoms with Crippen molar-refractivity contribution in [2.75, 3.05) is 11.9 Å². The molecule has 27 heavy (non-hydrogen) atoms. The Balaban J connectivity index is 1.64. The van der Waals surface area contributed by atoms with Crippen LogP contribution in [0.4, 0.5) is 5.13 Å². The molecule has 2 aromatic carbocycles. The smallest absolute Gasteiger partial charge is 0.258 e. The summed E-state index contributed by atoms with van der Waals surface area (Å²) in [6.07, 6.45) is 0.786. The normalized spacial score (nSPS) is 10.4. The monoisotopic (exact) mass is 491 g/mol. The van der Waals surface area contributed by atoms with Gasteiger partial charge in [-0.1, -0.05) is 36.4 Å². The summed E-state index contributed by atoms with van der Waals surface area (Å²) in [7, 11) is 0. The Bertz CT molecular complexity index is 954. The summed E-state index contributed by atoms with van der Waals surface area (Å²) in [4.78, 5) is 27.8. The molecule has 2 amide bonds. The average molecular weight is 491 g/mol. The number of benzene rings is 2. The maximum absolute atomic E-state index is 12.4. The molecule has 0 radical (unpaired) electrons. The third-order valence-electron chi connectivity index (χ3n) is 3.88. The molecule has 3 aromatic rings. The van der Waals surface area contributed by atoms with Gasteiger partial charge in [0.1, 0.15) is 0 Å². The van der Waals surface area contributed by atoms with Gasteiger partial charge in [0.15, 0.2) is 5.13 Å². The highest BCUT2D eigenvalue weighted by molar-refractivity contribution is 14.1. The van der Waals surface area contributed by atoms with Crippen molar-refractivity contribution in [3.05, 3.63) is 68.6 Å². The standard InChI is InChI=1S/C20H18IN3O2S/c1-13(25)22-11-10-14-6-8-15(9-7-14)18-12-27-20(23-18)24-19(26)16-4-2-3-5-17(16)21/h2-9,12H,10-11H2,1H3,(H,22,25)(H,23,24,26). The lowest BCUT2D eigenvalue weighted by molar-refractivity contribution is -0.118. The van der Waals surface area contributed by atoms with E-state index in [4.69, 9.17) is 0 Å². The second-order valence-electron chi connectivity index (χ2n) is 5.90. The van der Waals surface area contributed by atoms with Gasteiger partial charge in [-0.3, -0.25) is 14.9 Å². The molecule has 1 aromatic heterocycles. The van der Waals surface area contributed by atoms with Crippen LogP contribution in [0.15, 0.2) is 53.9 Å². The second kappa shape index (κ2) is 9.09. The molecular weight excluding hydrogens is 473 g/mol. The third kappa shape index (κ3) is 5.36. The summed E-state index contributed by atoms with van der Waals surface area (Å²) < 4.78 is 0.902. The number of carbonyl (C=O) groups is 2. The van der Waals surface area contributed by atoms with Crippen LogP contribution in [-0.4, -0.2) is 23.3 Å². The largest absolute Gasteiger partial charge is 0.356 e. The summed E-state index contributed by atoms with van der Waals surface area (Å²) in [5.41, 5.74) is 3.60. The number of amides is 2. The molecule has 0 spiro atoms. The van der Waals surface area contributed by atoms with Crippen LogP contribution in [0, 0.1) is 3.57 Å². The molecule has 0 saturated heterocycles. The Morgan fingerprint density at radius 2 is 1.85 bits per heavy atom. The number of nitrogens with one attached hydrogen (secondary N) is 2. The molecule has 7 heteroatoms. The Morgan fingerprint density at radius 3 is 2.56 bits per heavy atom. The topological polar surface area (TPSA) is 71.1 Å². The molecule has 3 rings (SSSR count). The number of carbonyl (C=O) groups excluding carboxylic acids is 2. The lowest BCUT2D eigenvalue weighted by Crippen LogP contribution is -2.22. The number of anilines is 1. The number of halogens is 1. The van der Waals surface area contributed by atoms with Crippen LogP contribution in [0.2, 0.25) is 0 Å². The van der Waals surface area contributed by atoms with Crippen LogP contribution in [0.25, 0.3) is 11.3 Å². The lowest BCUT2D eigenvalue weighted by Gasteiger charge is -2.04. The Hall–Kier alpha value is -2.26. The Kier molecular flexibility index (Phi) is 6.57. The first-order valence-electron chi connectivity index (χ1n) is 8.38. The van der Waals surface area contributed by atoms with E-state index >= 15 is 0 Å². The van der Waals surface area contributed by atoms with E-state index in [1.54, 1.807) is 6.07 Å². The minimum atomic E-state index is -0.158. The predicted octanol–water partition coefficient (Wildman–Crippen LogP) is 4.35. The van der Waals surface area contributed by atoms with Gasteiger partial charge in [-0.25, -0.2) is 4.98 Å². The van der Waals surface area contributed by atoms with Crippen LogP contribution in [-0.2, 0) is 11.2 Å². The van der Waals surface area contributed by atoms with Crippen molar-refractivity contribution >= 4 is 50.9 Å². The van der Waals surface area contributed by atoms with Gasteiger partial charge >= 0.3 is 0 Å². The van der Waals surface area contributed by atoms with E-state index in [-0.39, 0.29) is 11.8 Å². The van der Waals surface area contributed by atoms with Gasteiger partial charge < -0.3 is 5.32 Å². The zero-order valence-corrected chi connectivity index (χ0v) is 17.6. The number of thiazole rings is 1. The molecule has 0 aliphatic carbocycles. The van der Waals surface area contributed by atoms with Crippen molar-refractivity contribution in [1.82, 2.24) is 10.3 Å². The van der Waals surface area contributed by atoms with E-state index in [0.29, 0.717) is 17.2 Å². The van der Waals surface area contributed by atoms with Crippen molar-refractivity contribution in [1.29, 1.82) is 0 Å².